The summed E-state index contributed by atoms with van der Waals surface area (Å²) < 4.78 is 7.30. The van der Waals surface area contributed by atoms with Crippen molar-refractivity contribution < 1.29 is 14.3 Å². The van der Waals surface area contributed by atoms with E-state index in [4.69, 9.17) is 21.3 Å². The van der Waals surface area contributed by atoms with Gasteiger partial charge in [0.15, 0.2) is 5.92 Å². The van der Waals surface area contributed by atoms with Gasteiger partial charge in [-0.05, 0) is 37.1 Å². The van der Waals surface area contributed by atoms with E-state index in [-0.39, 0.29) is 12.5 Å². The smallest absolute Gasteiger partial charge is 0.321 e. The number of imidazole rings is 1. The molecule has 0 bridgehead atoms. The molecular formula is C23H24ClN3O3. The lowest BCUT2D eigenvalue weighted by molar-refractivity contribution is -0.153. The molecule has 4 rings (SSSR count). The number of aromatic nitrogens is 2. The highest BCUT2D eigenvalue weighted by Gasteiger charge is 2.48. The third-order valence-corrected chi connectivity index (χ3v) is 5.79. The van der Waals surface area contributed by atoms with Crippen LogP contribution in [0.25, 0.3) is 11.0 Å². The predicted octanol–water partition coefficient (Wildman–Crippen LogP) is 4.61. The monoisotopic (exact) mass is 425 g/mol. The Labute approximate surface area is 180 Å². The number of anilines is 1. The van der Waals surface area contributed by atoms with E-state index >= 15 is 0 Å². The van der Waals surface area contributed by atoms with Crippen LogP contribution >= 0.6 is 11.6 Å². The minimum atomic E-state index is -1.04. The van der Waals surface area contributed by atoms with Crippen LogP contribution in [0.15, 0.2) is 48.5 Å². The second-order valence-corrected chi connectivity index (χ2v) is 7.72. The Hall–Kier alpha value is -2.86. The molecule has 0 saturated carbocycles. The van der Waals surface area contributed by atoms with Crippen LogP contribution in [0.2, 0.25) is 5.02 Å². The number of benzene rings is 2. The third-order valence-electron chi connectivity index (χ3n) is 5.44. The summed E-state index contributed by atoms with van der Waals surface area (Å²) in [6.07, 6.45) is 1.73. The Kier molecular flexibility index (Phi) is 5.77. The van der Waals surface area contributed by atoms with Gasteiger partial charge in [-0.25, -0.2) is 4.98 Å². The molecule has 1 aliphatic heterocycles. The molecule has 7 heteroatoms. The van der Waals surface area contributed by atoms with E-state index in [0.717, 1.165) is 23.9 Å². The lowest BCUT2D eigenvalue weighted by atomic mass is 9.89. The SMILES string of the molecule is CCCCN1C(=O)[C@@H](C(=O)OCC)[C@@H](c2ccccc2Cl)n2c1nc1ccccc12. The zero-order valence-corrected chi connectivity index (χ0v) is 17.8. The van der Waals surface area contributed by atoms with Crippen molar-refractivity contribution in [3.8, 4) is 0 Å². The number of hydrogen-bond acceptors (Lipinski definition) is 4. The fraction of sp³-hybridized carbons (Fsp3) is 0.348. The molecular weight excluding hydrogens is 402 g/mol. The van der Waals surface area contributed by atoms with Crippen LogP contribution < -0.4 is 4.90 Å². The summed E-state index contributed by atoms with van der Waals surface area (Å²) in [7, 11) is 0. The molecule has 1 aromatic heterocycles. The van der Waals surface area contributed by atoms with Gasteiger partial charge in [0.25, 0.3) is 0 Å². The summed E-state index contributed by atoms with van der Waals surface area (Å²) in [5, 5.41) is 0.496. The number of unbranched alkanes of at least 4 members (excludes halogenated alkanes) is 1. The highest BCUT2D eigenvalue weighted by atomic mass is 35.5. The minimum absolute atomic E-state index is 0.199. The quantitative estimate of drug-likeness (QED) is 0.427. The van der Waals surface area contributed by atoms with Crippen LogP contribution in [0.4, 0.5) is 5.95 Å². The molecule has 2 aromatic carbocycles. The lowest BCUT2D eigenvalue weighted by Crippen LogP contribution is -2.50. The molecule has 1 amide bonds. The fourth-order valence-electron chi connectivity index (χ4n) is 4.07. The molecule has 0 spiro atoms. The van der Waals surface area contributed by atoms with E-state index in [1.54, 1.807) is 17.9 Å². The maximum absolute atomic E-state index is 13.6. The Morgan fingerprint density at radius 1 is 1.13 bits per heavy atom. The highest BCUT2D eigenvalue weighted by molar-refractivity contribution is 6.31. The number of halogens is 1. The number of rotatable bonds is 6. The van der Waals surface area contributed by atoms with Crippen molar-refractivity contribution in [1.82, 2.24) is 9.55 Å². The van der Waals surface area contributed by atoms with Crippen LogP contribution in [-0.4, -0.2) is 34.6 Å². The number of esters is 1. The molecule has 0 fully saturated rings. The Balaban J connectivity index is 2.00. The number of ether oxygens (including phenoxy) is 1. The standard InChI is InChI=1S/C23H24ClN3O3/c1-3-5-14-26-21(28)19(22(29)30-4-2)20(15-10-6-7-11-16(15)24)27-18-13-9-8-12-17(18)25-23(26)27/h6-13,19-20H,3-5,14H2,1-2H3/t19-,20+/m0/s1. The molecule has 0 aliphatic carbocycles. The van der Waals surface area contributed by atoms with E-state index in [0.29, 0.717) is 23.1 Å². The highest BCUT2D eigenvalue weighted by Crippen LogP contribution is 2.43. The number of carbonyl (C=O) groups excluding carboxylic acids is 2. The van der Waals surface area contributed by atoms with Gasteiger partial charge in [-0.2, -0.15) is 0 Å². The first kappa shape index (κ1) is 20.4. The zero-order valence-electron chi connectivity index (χ0n) is 17.0. The molecule has 0 saturated heterocycles. The predicted molar refractivity (Wildman–Crippen MR) is 117 cm³/mol. The lowest BCUT2D eigenvalue weighted by Gasteiger charge is -2.38. The van der Waals surface area contributed by atoms with Crippen LogP contribution in [0, 0.1) is 5.92 Å². The molecule has 30 heavy (non-hydrogen) atoms. The van der Waals surface area contributed by atoms with Crippen LogP contribution in [0.1, 0.15) is 38.3 Å². The summed E-state index contributed by atoms with van der Waals surface area (Å²) in [6.45, 7) is 4.49. The third kappa shape index (κ3) is 3.35. The molecule has 2 atom stereocenters. The van der Waals surface area contributed by atoms with Crippen molar-refractivity contribution in [1.29, 1.82) is 0 Å². The van der Waals surface area contributed by atoms with Crippen molar-refractivity contribution >= 4 is 40.5 Å². The largest absolute Gasteiger partial charge is 0.465 e. The normalized spacial score (nSPS) is 18.5. The first-order valence-corrected chi connectivity index (χ1v) is 10.7. The summed E-state index contributed by atoms with van der Waals surface area (Å²) in [5.41, 5.74) is 2.31. The van der Waals surface area contributed by atoms with Crippen molar-refractivity contribution in [3.63, 3.8) is 0 Å². The molecule has 6 nitrogen and oxygen atoms in total. The maximum atomic E-state index is 13.6. The first-order chi connectivity index (χ1) is 14.6. The Morgan fingerprint density at radius 3 is 2.60 bits per heavy atom. The van der Waals surface area contributed by atoms with E-state index < -0.39 is 17.9 Å². The molecule has 2 heterocycles. The number of fused-ring (bicyclic) bond motifs is 3. The molecule has 156 valence electrons. The van der Waals surface area contributed by atoms with Gasteiger partial charge in [-0.1, -0.05) is 55.3 Å². The number of carbonyl (C=O) groups is 2. The fourth-order valence-corrected chi connectivity index (χ4v) is 4.32. The summed E-state index contributed by atoms with van der Waals surface area (Å²) >= 11 is 6.55. The Bertz CT molecular complexity index is 1090. The topological polar surface area (TPSA) is 64.4 Å². The average Bonchev–Trinajstić information content (AvgIpc) is 3.12. The van der Waals surface area contributed by atoms with Gasteiger partial charge < -0.3 is 9.30 Å². The molecule has 1 aliphatic rings. The van der Waals surface area contributed by atoms with E-state index in [1.165, 1.54) is 0 Å². The van der Waals surface area contributed by atoms with Gasteiger partial charge in [0, 0.05) is 11.6 Å². The van der Waals surface area contributed by atoms with Gasteiger partial charge in [0.05, 0.1) is 23.7 Å². The Morgan fingerprint density at radius 2 is 1.87 bits per heavy atom. The number of hydrogen-bond donors (Lipinski definition) is 0. The first-order valence-electron chi connectivity index (χ1n) is 10.3. The van der Waals surface area contributed by atoms with Gasteiger partial charge in [0.1, 0.15) is 0 Å². The van der Waals surface area contributed by atoms with Crippen molar-refractivity contribution in [2.75, 3.05) is 18.1 Å². The van der Waals surface area contributed by atoms with Gasteiger partial charge in [0.2, 0.25) is 11.9 Å². The van der Waals surface area contributed by atoms with Crippen LogP contribution in [-0.2, 0) is 14.3 Å². The number of amides is 1. The van der Waals surface area contributed by atoms with Crippen LogP contribution in [0.5, 0.6) is 0 Å². The molecule has 0 N–H and O–H groups in total. The maximum Gasteiger partial charge on any atom is 0.321 e. The van der Waals surface area contributed by atoms with E-state index in [1.807, 2.05) is 47.0 Å². The number of para-hydroxylation sites is 2. The molecule has 0 unspecified atom stereocenters. The van der Waals surface area contributed by atoms with E-state index in [9.17, 15) is 9.59 Å². The van der Waals surface area contributed by atoms with Gasteiger partial charge in [-0.15, -0.1) is 0 Å². The minimum Gasteiger partial charge on any atom is -0.465 e. The van der Waals surface area contributed by atoms with Crippen molar-refractivity contribution in [2.45, 2.75) is 32.7 Å². The van der Waals surface area contributed by atoms with E-state index in [2.05, 4.69) is 6.92 Å². The summed E-state index contributed by atoms with van der Waals surface area (Å²) in [4.78, 5) is 33.0. The zero-order chi connectivity index (χ0) is 21.3. The van der Waals surface area contributed by atoms with Gasteiger partial charge in [-0.3, -0.25) is 14.5 Å². The summed E-state index contributed by atoms with van der Waals surface area (Å²) in [6, 6.07) is 14.4. The van der Waals surface area contributed by atoms with Gasteiger partial charge >= 0.3 is 5.97 Å². The number of nitrogens with zero attached hydrogens (tertiary/aromatic N) is 3. The second-order valence-electron chi connectivity index (χ2n) is 7.31. The van der Waals surface area contributed by atoms with Crippen LogP contribution in [0.3, 0.4) is 0 Å². The molecule has 3 aromatic rings. The van der Waals surface area contributed by atoms with Crippen molar-refractivity contribution in [2.24, 2.45) is 5.92 Å². The second kappa shape index (κ2) is 8.48. The average molecular weight is 426 g/mol. The van der Waals surface area contributed by atoms with Crippen molar-refractivity contribution in [3.05, 3.63) is 59.1 Å². The summed E-state index contributed by atoms with van der Waals surface area (Å²) in [5.74, 6) is -1.33. The molecule has 0 radical (unpaired) electrons.